The molecule has 1 aliphatic rings. The summed E-state index contributed by atoms with van der Waals surface area (Å²) >= 11 is 0. The molecule has 0 radical (unpaired) electrons. The molecule has 0 saturated carbocycles. The first kappa shape index (κ1) is 33.8. The first-order valence-electron chi connectivity index (χ1n) is 19.3. The molecule has 0 fully saturated rings. The molecule has 0 spiro atoms. The van der Waals surface area contributed by atoms with Crippen molar-refractivity contribution in [2.45, 2.75) is 18.9 Å². The number of dihydropyridines is 1. The molecule has 6 nitrogen and oxygen atoms in total. The molecule has 5 N–H and O–H groups in total. The average Bonchev–Trinajstić information content (AvgIpc) is 3.77. The predicted octanol–water partition coefficient (Wildman–Crippen LogP) is 10.2. The van der Waals surface area contributed by atoms with E-state index in [2.05, 4.69) is 207 Å². The van der Waals surface area contributed by atoms with Crippen LogP contribution in [0.2, 0.25) is 0 Å². The summed E-state index contributed by atoms with van der Waals surface area (Å²) in [6.45, 7) is 1.35. The molecule has 3 heterocycles. The van der Waals surface area contributed by atoms with Crippen LogP contribution in [0.5, 0.6) is 0 Å². The smallest absolute Gasteiger partial charge is 0.111 e. The van der Waals surface area contributed by atoms with E-state index in [0.29, 0.717) is 13.1 Å². The van der Waals surface area contributed by atoms with E-state index in [0.717, 1.165) is 17.1 Å². The highest BCUT2D eigenvalue weighted by molar-refractivity contribution is 6.19. The molecule has 0 saturated heterocycles. The summed E-state index contributed by atoms with van der Waals surface area (Å²) in [5, 5.41) is 16.2. The summed E-state index contributed by atoms with van der Waals surface area (Å²) in [7, 11) is 0. The topological polar surface area (TPSA) is 72.0 Å². The summed E-state index contributed by atoms with van der Waals surface area (Å²) < 4.78 is 4.77. The average molecular weight is 727 g/mol. The van der Waals surface area contributed by atoms with Gasteiger partial charge in [0.2, 0.25) is 0 Å². The highest BCUT2D eigenvalue weighted by Crippen LogP contribution is 2.39. The van der Waals surface area contributed by atoms with Crippen LogP contribution >= 0.6 is 0 Å². The minimum absolute atomic E-state index is 0.175. The lowest BCUT2D eigenvalue weighted by molar-refractivity contribution is 0.410. The van der Waals surface area contributed by atoms with Crippen molar-refractivity contribution in [1.82, 2.24) is 25.1 Å². The molecule has 0 aliphatic carbocycles. The third-order valence-corrected chi connectivity index (χ3v) is 11.1. The van der Waals surface area contributed by atoms with Crippen molar-refractivity contribution in [2.75, 3.05) is 6.54 Å². The van der Waals surface area contributed by atoms with Crippen LogP contribution in [0.25, 0.3) is 66.2 Å². The van der Waals surface area contributed by atoms with Crippen LogP contribution in [0, 0.1) is 0 Å². The Labute approximate surface area is 326 Å². The van der Waals surface area contributed by atoms with E-state index in [-0.39, 0.29) is 12.3 Å². The van der Waals surface area contributed by atoms with Crippen molar-refractivity contribution in [1.29, 1.82) is 0 Å². The largest absolute Gasteiger partial charge is 0.367 e. The highest BCUT2D eigenvalue weighted by atomic mass is 15.2. The molecule has 0 amide bonds. The molecule has 56 heavy (non-hydrogen) atoms. The number of hydrogen-bond donors (Lipinski definition) is 4. The van der Waals surface area contributed by atoms with Crippen LogP contribution in [0.4, 0.5) is 0 Å². The van der Waals surface area contributed by atoms with Gasteiger partial charge in [-0.15, -0.1) is 0 Å². The second-order valence-electron chi connectivity index (χ2n) is 14.5. The maximum Gasteiger partial charge on any atom is 0.111 e. The normalized spacial score (nSPS) is 14.2. The standard InChI is InChI=1S/C50H42N6/c51-49(37-26-24-36(25-27-37)35-16-6-2-7-17-35)54-50(53-32-34-14-4-1-5-15-34)38-28-29-48(52-33-38)56-45-23-13-11-21-41(45)43-30-46-42(31-47(43)56)40-20-10-12-22-44(40)55(46)39-18-8-3-9-19-39/h1-31,49-50,52-54H,32-33,51H2. The summed E-state index contributed by atoms with van der Waals surface area (Å²) in [5.41, 5.74) is 18.6. The third kappa shape index (κ3) is 6.16. The van der Waals surface area contributed by atoms with Gasteiger partial charge in [0.05, 0.1) is 34.4 Å². The van der Waals surface area contributed by atoms with Gasteiger partial charge in [0.25, 0.3) is 0 Å². The Kier molecular flexibility index (Phi) is 8.77. The number of hydrogen-bond acceptors (Lipinski definition) is 4. The first-order chi connectivity index (χ1) is 27.7. The SMILES string of the molecule is NC(NC(NCc1ccccc1)C1=CC=C(n2c3ccccc3c3cc4c(cc32)c2ccccc2n4-c2ccccc2)NC1)c1ccc(-c2ccccc2)cc1. The van der Waals surface area contributed by atoms with Gasteiger partial charge < -0.3 is 15.6 Å². The zero-order valence-corrected chi connectivity index (χ0v) is 30.9. The predicted molar refractivity (Wildman–Crippen MR) is 233 cm³/mol. The van der Waals surface area contributed by atoms with Crippen molar-refractivity contribution < 1.29 is 0 Å². The van der Waals surface area contributed by atoms with E-state index in [4.69, 9.17) is 5.73 Å². The van der Waals surface area contributed by atoms with Crippen LogP contribution in [0.1, 0.15) is 17.3 Å². The number of rotatable bonds is 10. The monoisotopic (exact) mass is 726 g/mol. The van der Waals surface area contributed by atoms with E-state index in [1.54, 1.807) is 0 Å². The van der Waals surface area contributed by atoms with Crippen molar-refractivity contribution in [2.24, 2.45) is 5.73 Å². The second kappa shape index (κ2) is 14.5. The van der Waals surface area contributed by atoms with Crippen LogP contribution in [-0.4, -0.2) is 21.8 Å². The van der Waals surface area contributed by atoms with Crippen molar-refractivity contribution in [3.8, 4) is 16.8 Å². The van der Waals surface area contributed by atoms with E-state index < -0.39 is 0 Å². The summed E-state index contributed by atoms with van der Waals surface area (Å²) in [4.78, 5) is 0. The van der Waals surface area contributed by atoms with Gasteiger partial charge in [-0.05, 0) is 70.3 Å². The fourth-order valence-corrected chi connectivity index (χ4v) is 8.30. The molecule has 1 aliphatic heterocycles. The minimum Gasteiger partial charge on any atom is -0.367 e. The Balaban J connectivity index is 1.03. The fourth-order valence-electron chi connectivity index (χ4n) is 8.30. The molecule has 2 unspecified atom stereocenters. The summed E-state index contributed by atoms with van der Waals surface area (Å²) in [6.07, 6.45) is 3.90. The Hall–Kier alpha value is -6.70. The molecule has 0 bridgehead atoms. The van der Waals surface area contributed by atoms with Crippen molar-refractivity contribution in [3.63, 3.8) is 0 Å². The molecule has 10 rings (SSSR count). The molecule has 7 aromatic carbocycles. The van der Waals surface area contributed by atoms with Gasteiger partial charge in [-0.1, -0.05) is 146 Å². The van der Waals surface area contributed by atoms with Gasteiger partial charge in [-0.3, -0.25) is 15.2 Å². The number of aromatic nitrogens is 2. The number of nitrogens with zero attached hydrogens (tertiary/aromatic N) is 2. The molecule has 9 aromatic rings. The Bertz CT molecular complexity index is 2890. The van der Waals surface area contributed by atoms with Crippen molar-refractivity contribution >= 4 is 49.4 Å². The van der Waals surface area contributed by atoms with Gasteiger partial charge >= 0.3 is 0 Å². The van der Waals surface area contributed by atoms with E-state index in [9.17, 15) is 0 Å². The fraction of sp³-hybridized carbons (Fsp3) is 0.0800. The number of benzene rings is 7. The van der Waals surface area contributed by atoms with Crippen LogP contribution in [0.3, 0.4) is 0 Å². The Morgan fingerprint density at radius 3 is 1.73 bits per heavy atom. The van der Waals surface area contributed by atoms with E-state index in [1.165, 1.54) is 65.9 Å². The first-order valence-corrected chi connectivity index (χ1v) is 19.3. The molecule has 2 atom stereocenters. The van der Waals surface area contributed by atoms with Crippen LogP contribution in [0.15, 0.2) is 194 Å². The lowest BCUT2D eigenvalue weighted by atomic mass is 10.0. The number of fused-ring (bicyclic) bond motifs is 6. The second-order valence-corrected chi connectivity index (χ2v) is 14.5. The summed E-state index contributed by atoms with van der Waals surface area (Å²) in [6, 6.07) is 62.3. The molecule has 2 aromatic heterocycles. The molecule has 272 valence electrons. The van der Waals surface area contributed by atoms with Crippen LogP contribution < -0.4 is 21.7 Å². The molecular formula is C50H42N6. The minimum atomic E-state index is -0.378. The maximum atomic E-state index is 6.89. The van der Waals surface area contributed by atoms with Gasteiger partial charge in [-0.2, -0.15) is 0 Å². The number of nitrogens with two attached hydrogens (primary N) is 1. The van der Waals surface area contributed by atoms with Gasteiger partial charge in [0, 0.05) is 40.3 Å². The maximum absolute atomic E-state index is 6.89. The zero-order valence-electron chi connectivity index (χ0n) is 30.9. The number of nitrogens with one attached hydrogen (secondary N) is 3. The van der Waals surface area contributed by atoms with Gasteiger partial charge in [0.1, 0.15) is 5.82 Å². The van der Waals surface area contributed by atoms with Crippen molar-refractivity contribution in [3.05, 3.63) is 205 Å². The lowest BCUT2D eigenvalue weighted by Crippen LogP contribution is -2.49. The Morgan fingerprint density at radius 2 is 1.09 bits per heavy atom. The third-order valence-electron chi connectivity index (χ3n) is 11.1. The van der Waals surface area contributed by atoms with E-state index in [1.807, 2.05) is 6.07 Å². The van der Waals surface area contributed by atoms with Gasteiger partial charge in [0.15, 0.2) is 0 Å². The zero-order chi connectivity index (χ0) is 37.4. The van der Waals surface area contributed by atoms with Gasteiger partial charge in [-0.25, -0.2) is 0 Å². The lowest BCUT2D eigenvalue weighted by Gasteiger charge is -2.30. The quantitative estimate of drug-likeness (QED) is 0.106. The molecule has 6 heteroatoms. The van der Waals surface area contributed by atoms with E-state index >= 15 is 0 Å². The number of allylic oxidation sites excluding steroid dienone is 2. The number of para-hydroxylation sites is 3. The Morgan fingerprint density at radius 1 is 0.536 bits per heavy atom. The van der Waals surface area contributed by atoms with Crippen LogP contribution in [-0.2, 0) is 6.54 Å². The molecular weight excluding hydrogens is 685 g/mol. The summed E-state index contributed by atoms with van der Waals surface area (Å²) in [5.74, 6) is 1.04. The highest BCUT2D eigenvalue weighted by Gasteiger charge is 2.23.